The van der Waals surface area contributed by atoms with Crippen LogP contribution in [0.25, 0.3) is 0 Å². The van der Waals surface area contributed by atoms with Gasteiger partial charge in [0.05, 0.1) is 6.10 Å². The summed E-state index contributed by atoms with van der Waals surface area (Å²) >= 11 is 5.85. The van der Waals surface area contributed by atoms with Gasteiger partial charge in [0, 0.05) is 11.4 Å². The molecule has 94 valence electrons. The zero-order valence-electron chi connectivity index (χ0n) is 10.7. The van der Waals surface area contributed by atoms with Gasteiger partial charge in [-0.2, -0.15) is 0 Å². The predicted molar refractivity (Wildman–Crippen MR) is 76.0 cm³/mol. The summed E-state index contributed by atoms with van der Waals surface area (Å²) in [6, 6.07) is 13.7. The molecule has 2 rings (SSSR count). The molecule has 0 saturated carbocycles. The van der Waals surface area contributed by atoms with E-state index in [1.165, 1.54) is 0 Å². The van der Waals surface area contributed by atoms with Crippen molar-refractivity contribution < 1.29 is 5.11 Å². The Morgan fingerprint density at radius 1 is 1.00 bits per heavy atom. The van der Waals surface area contributed by atoms with Gasteiger partial charge in [-0.15, -0.1) is 0 Å². The Balaban J connectivity index is 2.22. The third kappa shape index (κ3) is 2.92. The first-order chi connectivity index (χ1) is 8.58. The Morgan fingerprint density at radius 3 is 2.11 bits per heavy atom. The number of benzene rings is 2. The van der Waals surface area contributed by atoms with Crippen LogP contribution in [0.4, 0.5) is 0 Å². The minimum atomic E-state index is -0.465. The van der Waals surface area contributed by atoms with E-state index in [0.717, 1.165) is 27.3 Å². The average Bonchev–Trinajstić information content (AvgIpc) is 2.32. The molecule has 1 atom stereocenters. The maximum atomic E-state index is 10.4. The highest BCUT2D eigenvalue weighted by molar-refractivity contribution is 6.30. The van der Waals surface area contributed by atoms with Gasteiger partial charge in [-0.1, -0.05) is 41.9 Å². The van der Waals surface area contributed by atoms with Gasteiger partial charge in [0.15, 0.2) is 0 Å². The molecule has 0 aliphatic carbocycles. The number of aryl methyl sites for hydroxylation is 2. The molecular weight excluding hydrogens is 244 g/mol. The molecule has 1 N–H and O–H groups in total. The SMILES string of the molecule is Cc1cccc(C)c1C(O)Cc1ccc(Cl)cc1. The lowest BCUT2D eigenvalue weighted by atomic mass is 9.94. The largest absolute Gasteiger partial charge is 0.388 e. The second-order valence-electron chi connectivity index (χ2n) is 4.65. The molecule has 0 amide bonds. The minimum Gasteiger partial charge on any atom is -0.388 e. The number of halogens is 1. The van der Waals surface area contributed by atoms with E-state index < -0.39 is 6.10 Å². The maximum Gasteiger partial charge on any atom is 0.0835 e. The summed E-state index contributed by atoms with van der Waals surface area (Å²) in [5.74, 6) is 0. The third-order valence-electron chi connectivity index (χ3n) is 3.22. The van der Waals surface area contributed by atoms with Gasteiger partial charge in [-0.3, -0.25) is 0 Å². The average molecular weight is 261 g/mol. The highest BCUT2D eigenvalue weighted by Crippen LogP contribution is 2.25. The zero-order valence-corrected chi connectivity index (χ0v) is 11.4. The molecule has 1 nitrogen and oxygen atoms in total. The first kappa shape index (κ1) is 13.1. The number of rotatable bonds is 3. The quantitative estimate of drug-likeness (QED) is 0.876. The summed E-state index contributed by atoms with van der Waals surface area (Å²) in [4.78, 5) is 0. The zero-order chi connectivity index (χ0) is 13.1. The van der Waals surface area contributed by atoms with E-state index in [4.69, 9.17) is 11.6 Å². The summed E-state index contributed by atoms with van der Waals surface area (Å²) in [5, 5.41) is 11.1. The van der Waals surface area contributed by atoms with Crippen molar-refractivity contribution in [1.29, 1.82) is 0 Å². The molecule has 2 aromatic carbocycles. The van der Waals surface area contributed by atoms with Crippen molar-refractivity contribution in [2.75, 3.05) is 0 Å². The lowest BCUT2D eigenvalue weighted by Gasteiger charge is -2.16. The Morgan fingerprint density at radius 2 is 1.56 bits per heavy atom. The maximum absolute atomic E-state index is 10.4. The van der Waals surface area contributed by atoms with Crippen molar-refractivity contribution in [3.63, 3.8) is 0 Å². The van der Waals surface area contributed by atoms with Crippen molar-refractivity contribution >= 4 is 11.6 Å². The molecule has 2 heteroatoms. The molecule has 0 radical (unpaired) electrons. The summed E-state index contributed by atoms with van der Waals surface area (Å²) < 4.78 is 0. The Labute approximate surface area is 113 Å². The van der Waals surface area contributed by atoms with E-state index in [1.54, 1.807) is 0 Å². The molecule has 0 fully saturated rings. The molecule has 0 heterocycles. The molecule has 2 aromatic rings. The number of aliphatic hydroxyl groups excluding tert-OH is 1. The van der Waals surface area contributed by atoms with Gasteiger partial charge >= 0.3 is 0 Å². The van der Waals surface area contributed by atoms with Crippen LogP contribution in [0.2, 0.25) is 5.02 Å². The van der Waals surface area contributed by atoms with Gasteiger partial charge in [-0.05, 0) is 48.2 Å². The Kier molecular flexibility index (Phi) is 4.05. The van der Waals surface area contributed by atoms with Gasteiger partial charge in [0.25, 0.3) is 0 Å². The fraction of sp³-hybridized carbons (Fsp3) is 0.250. The van der Waals surface area contributed by atoms with Gasteiger partial charge < -0.3 is 5.11 Å². The van der Waals surface area contributed by atoms with Crippen LogP contribution in [0.15, 0.2) is 42.5 Å². The van der Waals surface area contributed by atoms with Gasteiger partial charge in [-0.25, -0.2) is 0 Å². The van der Waals surface area contributed by atoms with Crippen molar-refractivity contribution in [3.05, 3.63) is 69.7 Å². The molecule has 18 heavy (non-hydrogen) atoms. The second kappa shape index (κ2) is 5.55. The highest BCUT2D eigenvalue weighted by atomic mass is 35.5. The normalized spacial score (nSPS) is 12.4. The van der Waals surface area contributed by atoms with Crippen LogP contribution in [0.3, 0.4) is 0 Å². The van der Waals surface area contributed by atoms with E-state index in [-0.39, 0.29) is 0 Å². The van der Waals surface area contributed by atoms with E-state index in [1.807, 2.05) is 56.3 Å². The van der Waals surface area contributed by atoms with Crippen LogP contribution in [0.5, 0.6) is 0 Å². The van der Waals surface area contributed by atoms with E-state index >= 15 is 0 Å². The van der Waals surface area contributed by atoms with Crippen molar-refractivity contribution in [1.82, 2.24) is 0 Å². The fourth-order valence-corrected chi connectivity index (χ4v) is 2.42. The van der Waals surface area contributed by atoms with E-state index in [2.05, 4.69) is 0 Å². The molecular formula is C16H17ClO. The van der Waals surface area contributed by atoms with Crippen LogP contribution >= 0.6 is 11.6 Å². The van der Waals surface area contributed by atoms with E-state index in [9.17, 15) is 5.11 Å². The van der Waals surface area contributed by atoms with Crippen LogP contribution in [0.1, 0.15) is 28.4 Å². The lowest BCUT2D eigenvalue weighted by Crippen LogP contribution is -2.06. The third-order valence-corrected chi connectivity index (χ3v) is 3.47. The van der Waals surface area contributed by atoms with Crippen LogP contribution in [-0.4, -0.2) is 5.11 Å². The summed E-state index contributed by atoms with van der Waals surface area (Å²) in [6.45, 7) is 4.07. The first-order valence-electron chi connectivity index (χ1n) is 6.06. The monoisotopic (exact) mass is 260 g/mol. The predicted octanol–water partition coefficient (Wildman–Crippen LogP) is 4.23. The topological polar surface area (TPSA) is 20.2 Å². The Hall–Kier alpha value is -1.31. The summed E-state index contributed by atoms with van der Waals surface area (Å²) in [7, 11) is 0. The van der Waals surface area contributed by atoms with Crippen LogP contribution < -0.4 is 0 Å². The number of aliphatic hydroxyl groups is 1. The van der Waals surface area contributed by atoms with Crippen molar-refractivity contribution in [2.45, 2.75) is 26.4 Å². The Bertz CT molecular complexity index is 511. The molecule has 1 unspecified atom stereocenters. The summed E-state index contributed by atoms with van der Waals surface area (Å²) in [5.41, 5.74) is 4.40. The first-order valence-corrected chi connectivity index (χ1v) is 6.44. The lowest BCUT2D eigenvalue weighted by molar-refractivity contribution is 0.177. The minimum absolute atomic E-state index is 0.465. The summed E-state index contributed by atoms with van der Waals surface area (Å²) in [6.07, 6.45) is 0.149. The standard InChI is InChI=1S/C16H17ClO/c1-11-4-3-5-12(2)16(11)15(18)10-13-6-8-14(17)9-7-13/h3-9,15,18H,10H2,1-2H3. The van der Waals surface area contributed by atoms with Gasteiger partial charge in [0.2, 0.25) is 0 Å². The smallest absolute Gasteiger partial charge is 0.0835 e. The van der Waals surface area contributed by atoms with Crippen LogP contribution in [-0.2, 0) is 6.42 Å². The molecule has 0 aliphatic rings. The molecule has 0 bridgehead atoms. The van der Waals surface area contributed by atoms with Crippen molar-refractivity contribution in [3.8, 4) is 0 Å². The van der Waals surface area contributed by atoms with Crippen LogP contribution in [0, 0.1) is 13.8 Å². The fourth-order valence-electron chi connectivity index (χ4n) is 2.30. The molecule has 0 saturated heterocycles. The van der Waals surface area contributed by atoms with Crippen molar-refractivity contribution in [2.24, 2.45) is 0 Å². The molecule has 0 spiro atoms. The van der Waals surface area contributed by atoms with E-state index in [0.29, 0.717) is 6.42 Å². The molecule has 0 aliphatic heterocycles. The second-order valence-corrected chi connectivity index (χ2v) is 5.09. The highest BCUT2D eigenvalue weighted by Gasteiger charge is 2.13. The molecule has 0 aromatic heterocycles. The number of hydrogen-bond donors (Lipinski definition) is 1. The number of hydrogen-bond acceptors (Lipinski definition) is 1. The van der Waals surface area contributed by atoms with Gasteiger partial charge in [0.1, 0.15) is 0 Å².